The fourth-order valence-electron chi connectivity index (χ4n) is 0.666. The molecule has 1 aliphatic rings. The summed E-state index contributed by atoms with van der Waals surface area (Å²) in [5.41, 5.74) is 0. The standard InChI is InChI=1S/C5H11N2/c1-7(2)5-3-4-6-5/h5H,3-4H2,1-2H3. The van der Waals surface area contributed by atoms with Crippen LogP contribution in [0.1, 0.15) is 6.42 Å². The van der Waals surface area contributed by atoms with E-state index >= 15 is 0 Å². The lowest BCUT2D eigenvalue weighted by Crippen LogP contribution is -2.46. The monoisotopic (exact) mass is 99.1 g/mol. The maximum atomic E-state index is 4.19. The average molecular weight is 99.2 g/mol. The molecule has 1 heterocycles. The van der Waals surface area contributed by atoms with Crippen LogP contribution in [0.15, 0.2) is 0 Å². The summed E-state index contributed by atoms with van der Waals surface area (Å²) in [6.45, 7) is 1.07. The molecule has 0 saturated carbocycles. The van der Waals surface area contributed by atoms with E-state index < -0.39 is 0 Å². The number of rotatable bonds is 1. The van der Waals surface area contributed by atoms with Crippen molar-refractivity contribution in [2.45, 2.75) is 12.6 Å². The van der Waals surface area contributed by atoms with Crippen molar-refractivity contribution >= 4 is 0 Å². The van der Waals surface area contributed by atoms with Crippen LogP contribution in [-0.4, -0.2) is 31.7 Å². The minimum Gasteiger partial charge on any atom is -0.293 e. The third kappa shape index (κ3) is 0.924. The van der Waals surface area contributed by atoms with Crippen molar-refractivity contribution in [3.8, 4) is 0 Å². The topological polar surface area (TPSA) is 17.3 Å². The molecule has 1 saturated heterocycles. The fourth-order valence-corrected chi connectivity index (χ4v) is 0.666. The van der Waals surface area contributed by atoms with Crippen LogP contribution in [0, 0.1) is 0 Å². The van der Waals surface area contributed by atoms with Gasteiger partial charge in [-0.1, -0.05) is 0 Å². The third-order valence-electron chi connectivity index (χ3n) is 1.32. The Balaban J connectivity index is 2.14. The Bertz CT molecular complexity index is 57.1. The second-order valence-corrected chi connectivity index (χ2v) is 2.14. The summed E-state index contributed by atoms with van der Waals surface area (Å²) in [5, 5.41) is 4.19. The number of hydrogen-bond donors (Lipinski definition) is 0. The van der Waals surface area contributed by atoms with Gasteiger partial charge < -0.3 is 0 Å². The molecular formula is C5H11N2. The van der Waals surface area contributed by atoms with Crippen molar-refractivity contribution in [2.24, 2.45) is 0 Å². The smallest absolute Gasteiger partial charge is 0.0768 e. The molecule has 1 atom stereocenters. The van der Waals surface area contributed by atoms with Crippen LogP contribution < -0.4 is 5.32 Å². The summed E-state index contributed by atoms with van der Waals surface area (Å²) >= 11 is 0. The van der Waals surface area contributed by atoms with Gasteiger partial charge in [0.2, 0.25) is 0 Å². The van der Waals surface area contributed by atoms with Crippen LogP contribution in [0.4, 0.5) is 0 Å². The first-order valence-corrected chi connectivity index (χ1v) is 2.64. The predicted molar refractivity (Wildman–Crippen MR) is 29.1 cm³/mol. The van der Waals surface area contributed by atoms with Gasteiger partial charge in [0.15, 0.2) is 0 Å². The largest absolute Gasteiger partial charge is 0.293 e. The van der Waals surface area contributed by atoms with E-state index in [-0.39, 0.29) is 0 Å². The Kier molecular flexibility index (Phi) is 1.30. The van der Waals surface area contributed by atoms with Gasteiger partial charge in [-0.05, 0) is 20.5 Å². The van der Waals surface area contributed by atoms with Gasteiger partial charge in [-0.2, -0.15) is 0 Å². The van der Waals surface area contributed by atoms with Gasteiger partial charge >= 0.3 is 0 Å². The van der Waals surface area contributed by atoms with E-state index in [2.05, 4.69) is 24.3 Å². The Morgan fingerprint density at radius 3 is 2.14 bits per heavy atom. The molecular weight excluding hydrogens is 88.1 g/mol. The minimum absolute atomic E-state index is 0.542. The molecule has 1 fully saturated rings. The third-order valence-corrected chi connectivity index (χ3v) is 1.32. The molecule has 1 aliphatic heterocycles. The van der Waals surface area contributed by atoms with Crippen LogP contribution >= 0.6 is 0 Å². The second-order valence-electron chi connectivity index (χ2n) is 2.14. The first-order chi connectivity index (χ1) is 3.30. The zero-order chi connectivity index (χ0) is 5.28. The van der Waals surface area contributed by atoms with Gasteiger partial charge in [-0.25, -0.2) is 5.32 Å². The van der Waals surface area contributed by atoms with Crippen LogP contribution in [0.3, 0.4) is 0 Å². The molecule has 0 bridgehead atoms. The van der Waals surface area contributed by atoms with Gasteiger partial charge in [0.05, 0.1) is 6.17 Å². The summed E-state index contributed by atoms with van der Waals surface area (Å²) in [6.07, 6.45) is 1.80. The Morgan fingerprint density at radius 2 is 2.14 bits per heavy atom. The van der Waals surface area contributed by atoms with Gasteiger partial charge in [0.25, 0.3) is 0 Å². The van der Waals surface area contributed by atoms with Gasteiger partial charge in [0, 0.05) is 6.54 Å². The molecule has 1 rings (SSSR count). The van der Waals surface area contributed by atoms with E-state index in [0.717, 1.165) is 6.54 Å². The second kappa shape index (κ2) is 1.80. The normalized spacial score (nSPS) is 30.4. The van der Waals surface area contributed by atoms with E-state index in [0.29, 0.717) is 6.17 Å². The van der Waals surface area contributed by atoms with Crippen molar-refractivity contribution in [1.29, 1.82) is 0 Å². The Hall–Kier alpha value is -0.0800. The zero-order valence-corrected chi connectivity index (χ0v) is 4.89. The van der Waals surface area contributed by atoms with E-state index in [4.69, 9.17) is 0 Å². The average Bonchev–Trinajstić information content (AvgIpc) is 1.23. The van der Waals surface area contributed by atoms with Crippen molar-refractivity contribution in [3.63, 3.8) is 0 Å². The molecule has 0 spiro atoms. The van der Waals surface area contributed by atoms with E-state index in [1.807, 2.05) is 0 Å². The summed E-state index contributed by atoms with van der Waals surface area (Å²) in [6, 6.07) is 0. The van der Waals surface area contributed by atoms with E-state index in [9.17, 15) is 0 Å². The van der Waals surface area contributed by atoms with E-state index in [1.165, 1.54) is 6.42 Å². The van der Waals surface area contributed by atoms with Crippen molar-refractivity contribution in [1.82, 2.24) is 10.2 Å². The maximum absolute atomic E-state index is 4.19. The molecule has 0 aromatic carbocycles. The molecule has 1 unspecified atom stereocenters. The predicted octanol–water partition coefficient (Wildman–Crippen LogP) is -0.118. The van der Waals surface area contributed by atoms with Crippen LogP contribution in [0.25, 0.3) is 0 Å². The molecule has 0 aliphatic carbocycles. The molecule has 41 valence electrons. The molecule has 2 heteroatoms. The van der Waals surface area contributed by atoms with Gasteiger partial charge in [-0.3, -0.25) is 4.90 Å². The molecule has 0 aromatic heterocycles. The summed E-state index contributed by atoms with van der Waals surface area (Å²) in [4.78, 5) is 2.14. The lowest BCUT2D eigenvalue weighted by Gasteiger charge is -2.31. The number of nitrogens with zero attached hydrogens (tertiary/aromatic N) is 2. The lowest BCUT2D eigenvalue weighted by atomic mass is 10.2. The zero-order valence-electron chi connectivity index (χ0n) is 4.89. The van der Waals surface area contributed by atoms with Crippen molar-refractivity contribution < 1.29 is 0 Å². The highest BCUT2D eigenvalue weighted by Crippen LogP contribution is 2.05. The molecule has 0 amide bonds. The SMILES string of the molecule is CN(C)C1CC[N]1. The Labute approximate surface area is 44.5 Å². The highest BCUT2D eigenvalue weighted by molar-refractivity contribution is 4.72. The van der Waals surface area contributed by atoms with Crippen LogP contribution in [-0.2, 0) is 0 Å². The molecule has 2 nitrogen and oxygen atoms in total. The quantitative estimate of drug-likeness (QED) is 0.448. The minimum atomic E-state index is 0.542. The fraction of sp³-hybridized carbons (Fsp3) is 1.00. The van der Waals surface area contributed by atoms with E-state index in [1.54, 1.807) is 0 Å². The maximum Gasteiger partial charge on any atom is 0.0768 e. The van der Waals surface area contributed by atoms with Gasteiger partial charge in [-0.15, -0.1) is 0 Å². The first kappa shape index (κ1) is 5.06. The highest BCUT2D eigenvalue weighted by atomic mass is 15.3. The summed E-state index contributed by atoms with van der Waals surface area (Å²) < 4.78 is 0. The summed E-state index contributed by atoms with van der Waals surface area (Å²) in [5.74, 6) is 0. The lowest BCUT2D eigenvalue weighted by molar-refractivity contribution is 0.164. The molecule has 7 heavy (non-hydrogen) atoms. The molecule has 0 aromatic rings. The highest BCUT2D eigenvalue weighted by Gasteiger charge is 2.18. The van der Waals surface area contributed by atoms with Crippen LogP contribution in [0.2, 0.25) is 0 Å². The summed E-state index contributed by atoms with van der Waals surface area (Å²) in [7, 11) is 4.13. The molecule has 1 radical (unpaired) electrons. The first-order valence-electron chi connectivity index (χ1n) is 2.64. The van der Waals surface area contributed by atoms with Crippen molar-refractivity contribution in [2.75, 3.05) is 20.6 Å². The van der Waals surface area contributed by atoms with Crippen LogP contribution in [0.5, 0.6) is 0 Å². The number of hydrogen-bond acceptors (Lipinski definition) is 1. The Morgan fingerprint density at radius 1 is 1.57 bits per heavy atom. The molecule has 0 N–H and O–H groups in total. The van der Waals surface area contributed by atoms with Gasteiger partial charge in [0.1, 0.15) is 0 Å². The van der Waals surface area contributed by atoms with Crippen molar-refractivity contribution in [3.05, 3.63) is 0 Å².